The van der Waals surface area contributed by atoms with Gasteiger partial charge in [0.05, 0.1) is 12.1 Å². The topological polar surface area (TPSA) is 131 Å². The Bertz CT molecular complexity index is 1230. The number of ether oxygens (including phenoxy) is 3. The molecule has 1 amide bonds. The zero-order chi connectivity index (χ0) is 29.3. The normalized spacial score (nSPS) is 15.3. The van der Waals surface area contributed by atoms with Crippen molar-refractivity contribution in [3.63, 3.8) is 0 Å². The summed E-state index contributed by atoms with van der Waals surface area (Å²) in [4.78, 5) is 23.5. The van der Waals surface area contributed by atoms with E-state index in [0.29, 0.717) is 25.0 Å². The van der Waals surface area contributed by atoms with E-state index in [1.807, 2.05) is 37.3 Å². The van der Waals surface area contributed by atoms with E-state index in [4.69, 9.17) is 14.2 Å². The second-order valence-electron chi connectivity index (χ2n) is 11.0. The highest BCUT2D eigenvalue weighted by Gasteiger charge is 2.35. The maximum atomic E-state index is 14.0. The van der Waals surface area contributed by atoms with E-state index >= 15 is 0 Å². The number of fused-ring (bicyclic) bond motifs is 1. The summed E-state index contributed by atoms with van der Waals surface area (Å²) in [7, 11) is -4.15. The summed E-state index contributed by atoms with van der Waals surface area (Å²) in [6, 6.07) is 13.1. The number of rotatable bonds is 14. The van der Waals surface area contributed by atoms with Gasteiger partial charge in [0.1, 0.15) is 16.8 Å². The quantitative estimate of drug-likeness (QED) is 0.324. The molecule has 0 saturated heterocycles. The highest BCUT2D eigenvalue weighted by molar-refractivity contribution is 7.89. The summed E-state index contributed by atoms with van der Waals surface area (Å²) < 4.78 is 45.4. The molecule has 0 aliphatic carbocycles. The molecule has 1 aliphatic rings. The van der Waals surface area contributed by atoms with E-state index in [-0.39, 0.29) is 42.9 Å². The molecule has 0 spiro atoms. The third-order valence-electron chi connectivity index (χ3n) is 6.48. The van der Waals surface area contributed by atoms with Crippen LogP contribution >= 0.6 is 0 Å². The lowest BCUT2D eigenvalue weighted by atomic mass is 10.0. The van der Waals surface area contributed by atoms with Crippen LogP contribution in [0.4, 0.5) is 4.79 Å². The van der Waals surface area contributed by atoms with Crippen molar-refractivity contribution in [2.75, 3.05) is 19.9 Å². The van der Waals surface area contributed by atoms with Gasteiger partial charge >= 0.3 is 6.09 Å². The second kappa shape index (κ2) is 14.0. The van der Waals surface area contributed by atoms with Crippen LogP contribution in [0.3, 0.4) is 0 Å². The molecule has 0 fully saturated rings. The minimum Gasteiger partial charge on any atom is -0.454 e. The average molecular weight is 577 g/mol. The Morgan fingerprint density at radius 2 is 1.85 bits per heavy atom. The van der Waals surface area contributed by atoms with Crippen molar-refractivity contribution in [3.05, 3.63) is 54.1 Å². The fourth-order valence-electron chi connectivity index (χ4n) is 4.36. The number of nitrogens with zero attached hydrogens (tertiary/aromatic N) is 1. The lowest BCUT2D eigenvalue weighted by molar-refractivity contribution is -0.108. The van der Waals surface area contributed by atoms with Gasteiger partial charge in [-0.25, -0.2) is 13.2 Å². The van der Waals surface area contributed by atoms with E-state index in [9.17, 15) is 23.1 Å². The Labute approximate surface area is 236 Å². The summed E-state index contributed by atoms with van der Waals surface area (Å²) in [6.45, 7) is 6.86. The molecular formula is C29H40N2O8S. The van der Waals surface area contributed by atoms with Gasteiger partial charge in [-0.3, -0.25) is 0 Å². The largest absolute Gasteiger partial charge is 0.454 e. The molecule has 220 valence electrons. The number of aldehydes is 1. The second-order valence-corrected chi connectivity index (χ2v) is 12.9. The molecule has 0 aromatic heterocycles. The predicted molar refractivity (Wildman–Crippen MR) is 150 cm³/mol. The first-order valence-electron chi connectivity index (χ1n) is 13.4. The molecule has 0 saturated carbocycles. The molecule has 11 heteroatoms. The lowest BCUT2D eigenvalue weighted by Crippen LogP contribution is -2.51. The first-order valence-corrected chi connectivity index (χ1v) is 14.9. The molecule has 2 aromatic rings. The first kappa shape index (κ1) is 31.4. The standard InChI is InChI=1S/C29H40N2O8S/c1-21(10-9-17-32)15-16-31(40(35,36)26-14-8-13-25-27(26)38-20-37-25)19-24(33)23(18-22-11-6-5-7-12-22)30-28(34)39-29(2,3)4/h5-8,11-14,17,21,23-24,33H,9-10,15-16,18-20H2,1-4H3,(H,30,34)/t21?,23-,24+/m0/s1. The lowest BCUT2D eigenvalue weighted by Gasteiger charge is -2.31. The zero-order valence-electron chi connectivity index (χ0n) is 23.5. The van der Waals surface area contributed by atoms with Crippen LogP contribution in [0.1, 0.15) is 52.5 Å². The molecule has 1 aliphatic heterocycles. The summed E-state index contributed by atoms with van der Waals surface area (Å²) in [6.07, 6.45) is 0.576. The summed E-state index contributed by atoms with van der Waals surface area (Å²) in [5.74, 6) is 0.527. The Kier molecular flexibility index (Phi) is 11.0. The molecular weight excluding hydrogens is 536 g/mol. The third kappa shape index (κ3) is 8.94. The molecule has 2 N–H and O–H groups in total. The van der Waals surface area contributed by atoms with Crippen LogP contribution in [0, 0.1) is 5.92 Å². The maximum Gasteiger partial charge on any atom is 0.407 e. The molecule has 3 rings (SSSR count). The van der Waals surface area contributed by atoms with Gasteiger partial charge in [-0.1, -0.05) is 43.3 Å². The number of alkyl carbamates (subject to hydrolysis) is 1. The zero-order valence-corrected chi connectivity index (χ0v) is 24.4. The summed E-state index contributed by atoms with van der Waals surface area (Å²) >= 11 is 0. The first-order chi connectivity index (χ1) is 18.9. The Balaban J connectivity index is 1.89. The molecule has 2 aromatic carbocycles. The van der Waals surface area contributed by atoms with Crippen LogP contribution in [-0.2, 0) is 26.0 Å². The van der Waals surface area contributed by atoms with Gasteiger partial charge in [-0.15, -0.1) is 0 Å². The van der Waals surface area contributed by atoms with E-state index in [1.54, 1.807) is 32.9 Å². The number of sulfonamides is 1. The van der Waals surface area contributed by atoms with Crippen LogP contribution in [-0.4, -0.2) is 67.8 Å². The van der Waals surface area contributed by atoms with E-state index in [0.717, 1.165) is 11.8 Å². The van der Waals surface area contributed by atoms with Crippen molar-refractivity contribution < 1.29 is 37.3 Å². The fraction of sp³-hybridized carbons (Fsp3) is 0.517. The van der Waals surface area contributed by atoms with Crippen molar-refractivity contribution in [3.8, 4) is 11.5 Å². The van der Waals surface area contributed by atoms with E-state index in [1.165, 1.54) is 10.4 Å². The Morgan fingerprint density at radius 1 is 1.12 bits per heavy atom. The number of aliphatic hydroxyl groups is 1. The molecule has 0 radical (unpaired) electrons. The number of para-hydroxylation sites is 1. The van der Waals surface area contributed by atoms with Crippen LogP contribution in [0.5, 0.6) is 11.5 Å². The number of benzene rings is 2. The van der Waals surface area contributed by atoms with Crippen molar-refractivity contribution in [1.82, 2.24) is 9.62 Å². The number of carbonyl (C=O) groups excluding carboxylic acids is 2. The highest BCUT2D eigenvalue weighted by atomic mass is 32.2. The van der Waals surface area contributed by atoms with Crippen LogP contribution < -0.4 is 14.8 Å². The molecule has 40 heavy (non-hydrogen) atoms. The maximum absolute atomic E-state index is 14.0. The number of hydrogen-bond donors (Lipinski definition) is 2. The minimum absolute atomic E-state index is 0.0602. The molecule has 3 atom stereocenters. The Hall–Kier alpha value is -3.15. The summed E-state index contributed by atoms with van der Waals surface area (Å²) in [5, 5.41) is 14.2. The number of carbonyl (C=O) groups is 2. The van der Waals surface area contributed by atoms with Crippen LogP contribution in [0.15, 0.2) is 53.4 Å². The predicted octanol–water partition coefficient (Wildman–Crippen LogP) is 3.91. The van der Waals surface area contributed by atoms with Gasteiger partial charge in [-0.05, 0) is 63.6 Å². The van der Waals surface area contributed by atoms with Crippen molar-refractivity contribution in [1.29, 1.82) is 0 Å². The number of hydrogen-bond acceptors (Lipinski definition) is 8. The van der Waals surface area contributed by atoms with Crippen LogP contribution in [0.2, 0.25) is 0 Å². The Morgan fingerprint density at radius 3 is 2.52 bits per heavy atom. The molecule has 0 bridgehead atoms. The highest BCUT2D eigenvalue weighted by Crippen LogP contribution is 2.39. The summed E-state index contributed by atoms with van der Waals surface area (Å²) in [5.41, 5.74) is 0.0979. The van der Waals surface area contributed by atoms with Gasteiger partial charge in [-0.2, -0.15) is 4.31 Å². The SMILES string of the molecule is CC(CCC=O)CCN(C[C@@H](O)[C@H](Cc1ccccc1)NC(=O)OC(C)(C)C)S(=O)(=O)c1cccc2c1OCO2. The van der Waals surface area contributed by atoms with Crippen molar-refractivity contribution >= 4 is 22.4 Å². The smallest absolute Gasteiger partial charge is 0.407 e. The molecule has 1 heterocycles. The van der Waals surface area contributed by atoms with Gasteiger partial charge in [0.25, 0.3) is 0 Å². The van der Waals surface area contributed by atoms with Crippen LogP contribution in [0.25, 0.3) is 0 Å². The van der Waals surface area contributed by atoms with Gasteiger partial charge in [0.15, 0.2) is 11.5 Å². The van der Waals surface area contributed by atoms with E-state index in [2.05, 4.69) is 5.32 Å². The number of aliphatic hydroxyl groups excluding tert-OH is 1. The van der Waals surface area contributed by atoms with E-state index < -0.39 is 33.9 Å². The number of amides is 1. The minimum atomic E-state index is -4.15. The van der Waals surface area contributed by atoms with Gasteiger partial charge in [0.2, 0.25) is 16.8 Å². The molecule has 10 nitrogen and oxygen atoms in total. The monoisotopic (exact) mass is 576 g/mol. The third-order valence-corrected chi connectivity index (χ3v) is 8.37. The van der Waals surface area contributed by atoms with Gasteiger partial charge in [0, 0.05) is 19.5 Å². The fourth-order valence-corrected chi connectivity index (χ4v) is 5.98. The number of nitrogens with one attached hydrogen (secondary N) is 1. The molecule has 1 unspecified atom stereocenters. The van der Waals surface area contributed by atoms with Crippen molar-refractivity contribution in [2.45, 2.75) is 76.0 Å². The van der Waals surface area contributed by atoms with Gasteiger partial charge < -0.3 is 29.4 Å². The average Bonchev–Trinajstić information content (AvgIpc) is 3.37. The van der Waals surface area contributed by atoms with Crippen molar-refractivity contribution in [2.24, 2.45) is 5.92 Å².